The summed E-state index contributed by atoms with van der Waals surface area (Å²) in [5.41, 5.74) is 5.20. The normalized spacial score (nSPS) is 12.9. The number of hydrogen-bond donors (Lipinski definition) is 1. The van der Waals surface area contributed by atoms with Crippen LogP contribution in [0, 0.1) is 0 Å². The molecule has 0 aliphatic rings. The Kier molecular flexibility index (Phi) is 6.39. The summed E-state index contributed by atoms with van der Waals surface area (Å²) in [5.74, 6) is 0.230. The molecule has 0 saturated heterocycles. The second-order valence-electron chi connectivity index (χ2n) is 7.76. The summed E-state index contributed by atoms with van der Waals surface area (Å²) in [6.45, 7) is 0. The first-order valence-corrected chi connectivity index (χ1v) is 12.6. The van der Waals surface area contributed by atoms with E-state index in [9.17, 15) is 4.57 Å². The van der Waals surface area contributed by atoms with Gasteiger partial charge < -0.3 is 4.52 Å². The van der Waals surface area contributed by atoms with Crippen LogP contribution in [0.2, 0.25) is 0 Å². The van der Waals surface area contributed by atoms with E-state index in [0.29, 0.717) is 5.69 Å². The van der Waals surface area contributed by atoms with Crippen LogP contribution >= 0.6 is 7.60 Å². The van der Waals surface area contributed by atoms with Crippen molar-refractivity contribution in [1.82, 2.24) is 4.98 Å². The lowest BCUT2D eigenvalue weighted by molar-refractivity contribution is 0.308. The molecule has 0 aliphatic carbocycles. The molecule has 34 heavy (non-hydrogen) atoms. The maximum Gasteiger partial charge on any atom is 0.413 e. The largest absolute Gasteiger partial charge is 0.413 e. The minimum atomic E-state index is -3.91. The number of fused-ring (bicyclic) bond motifs is 1. The number of para-hydroxylation sites is 2. The zero-order valence-corrected chi connectivity index (χ0v) is 19.2. The third-order valence-electron chi connectivity index (χ3n) is 5.41. The lowest BCUT2D eigenvalue weighted by atomic mass is 10.0. The van der Waals surface area contributed by atoms with E-state index in [4.69, 9.17) is 9.15 Å². The number of nitrogens with zero attached hydrogens (tertiary/aromatic N) is 1. The van der Waals surface area contributed by atoms with Gasteiger partial charge in [-0.05, 0) is 35.4 Å². The lowest BCUT2D eigenvalue weighted by Gasteiger charge is -2.27. The Morgan fingerprint density at radius 1 is 0.647 bits per heavy atom. The topological polar surface area (TPSA) is 60.5 Å². The van der Waals surface area contributed by atoms with Crippen LogP contribution in [0.5, 0.6) is 5.88 Å². The summed E-state index contributed by atoms with van der Waals surface area (Å²) in [7, 11) is -3.91. The molecule has 5 nitrogen and oxygen atoms in total. The fourth-order valence-electron chi connectivity index (χ4n) is 3.80. The number of anilines is 1. The maximum absolute atomic E-state index is 14.6. The van der Waals surface area contributed by atoms with E-state index in [0.717, 1.165) is 22.0 Å². The van der Waals surface area contributed by atoms with E-state index < -0.39 is 13.3 Å². The van der Waals surface area contributed by atoms with Gasteiger partial charge in [-0.15, -0.1) is 0 Å². The van der Waals surface area contributed by atoms with Crippen molar-refractivity contribution in [3.8, 4) is 5.88 Å². The molecule has 0 radical (unpaired) electrons. The van der Waals surface area contributed by atoms with Crippen LogP contribution in [0.4, 0.5) is 5.69 Å². The molecular weight excluding hydrogens is 443 g/mol. The second kappa shape index (κ2) is 9.92. The Morgan fingerprint density at radius 2 is 1.21 bits per heavy atom. The number of rotatable bonds is 8. The molecule has 1 N–H and O–H groups in total. The van der Waals surface area contributed by atoms with Gasteiger partial charge in [0.05, 0.1) is 11.2 Å². The molecule has 5 aromatic rings. The van der Waals surface area contributed by atoms with E-state index in [1.54, 1.807) is 6.07 Å². The molecule has 0 aliphatic heterocycles. The number of hydrogen-bond acceptors (Lipinski definition) is 5. The molecular formula is C28H23N2O3P. The van der Waals surface area contributed by atoms with Crippen molar-refractivity contribution >= 4 is 24.2 Å². The molecule has 0 bridgehead atoms. The van der Waals surface area contributed by atoms with Gasteiger partial charge in [0, 0.05) is 11.5 Å². The summed E-state index contributed by atoms with van der Waals surface area (Å²) in [6, 6.07) is 39.8. The molecule has 1 aromatic heterocycles. The standard InChI is InChI=1S/C28H23N2O3P/c31-34(33-30-25-17-8-3-9-18-25,32-27-21-20-22-12-10-11-19-26(22)29-27)28(23-13-4-1-5-14-23)24-15-6-2-7-16-24/h1-21,28,30H. The van der Waals surface area contributed by atoms with E-state index in [2.05, 4.69) is 10.5 Å². The zero-order valence-electron chi connectivity index (χ0n) is 18.3. The van der Waals surface area contributed by atoms with Crippen molar-refractivity contribution in [2.75, 3.05) is 5.48 Å². The van der Waals surface area contributed by atoms with Crippen molar-refractivity contribution in [2.45, 2.75) is 5.66 Å². The van der Waals surface area contributed by atoms with E-state index >= 15 is 0 Å². The highest BCUT2D eigenvalue weighted by Gasteiger charge is 2.41. The predicted octanol–water partition coefficient (Wildman–Crippen LogP) is 7.64. The summed E-state index contributed by atoms with van der Waals surface area (Å²) in [5, 5.41) is 0.968. The molecule has 168 valence electrons. The third kappa shape index (κ3) is 4.86. The Hall–Kier alpha value is -3.92. The summed E-state index contributed by atoms with van der Waals surface area (Å²) < 4.78 is 26.8. The minimum Gasteiger partial charge on any atom is -0.404 e. The highest BCUT2D eigenvalue weighted by molar-refractivity contribution is 7.55. The van der Waals surface area contributed by atoms with Crippen molar-refractivity contribution in [3.63, 3.8) is 0 Å². The summed E-state index contributed by atoms with van der Waals surface area (Å²) >= 11 is 0. The molecule has 0 spiro atoms. The predicted molar refractivity (Wildman–Crippen MR) is 136 cm³/mol. The fraction of sp³-hybridized carbons (Fsp3) is 0.0357. The van der Waals surface area contributed by atoms with Crippen LogP contribution in [-0.4, -0.2) is 4.98 Å². The smallest absolute Gasteiger partial charge is 0.404 e. The summed E-state index contributed by atoms with van der Waals surface area (Å²) in [6.07, 6.45) is 0. The van der Waals surface area contributed by atoms with Crippen LogP contribution < -0.4 is 10.0 Å². The van der Waals surface area contributed by atoms with Crippen LogP contribution in [0.1, 0.15) is 16.8 Å². The quantitative estimate of drug-likeness (QED) is 0.188. The maximum atomic E-state index is 14.6. The number of benzene rings is 4. The first-order chi connectivity index (χ1) is 16.7. The Morgan fingerprint density at radius 3 is 1.85 bits per heavy atom. The Bertz CT molecular complexity index is 1370. The Labute approximate surface area is 198 Å². The van der Waals surface area contributed by atoms with Gasteiger partial charge in [0.2, 0.25) is 5.88 Å². The minimum absolute atomic E-state index is 0.230. The van der Waals surface area contributed by atoms with Gasteiger partial charge in [0.1, 0.15) is 5.66 Å². The fourth-order valence-corrected chi connectivity index (χ4v) is 5.72. The lowest BCUT2D eigenvalue weighted by Crippen LogP contribution is -2.13. The van der Waals surface area contributed by atoms with Gasteiger partial charge in [-0.25, -0.2) is 9.55 Å². The monoisotopic (exact) mass is 466 g/mol. The average molecular weight is 466 g/mol. The molecule has 0 saturated carbocycles. The van der Waals surface area contributed by atoms with Gasteiger partial charge in [-0.3, -0.25) is 5.48 Å². The molecule has 1 heterocycles. The van der Waals surface area contributed by atoms with Gasteiger partial charge in [0.15, 0.2) is 0 Å². The Balaban J connectivity index is 1.59. The average Bonchev–Trinajstić information content (AvgIpc) is 2.89. The van der Waals surface area contributed by atoms with E-state index in [1.807, 2.05) is 121 Å². The SMILES string of the molecule is O=P(ONc1ccccc1)(Oc1ccc2ccccc2n1)C(c1ccccc1)c1ccccc1. The van der Waals surface area contributed by atoms with Crippen LogP contribution in [0.15, 0.2) is 127 Å². The number of nitrogens with one attached hydrogen (secondary N) is 1. The zero-order chi connectivity index (χ0) is 23.2. The van der Waals surface area contributed by atoms with Gasteiger partial charge in [-0.1, -0.05) is 97.1 Å². The van der Waals surface area contributed by atoms with E-state index in [1.165, 1.54) is 0 Å². The number of aromatic nitrogens is 1. The van der Waals surface area contributed by atoms with Gasteiger partial charge >= 0.3 is 7.60 Å². The molecule has 6 heteroatoms. The van der Waals surface area contributed by atoms with Crippen LogP contribution in [0.25, 0.3) is 10.9 Å². The first kappa shape index (κ1) is 21.9. The van der Waals surface area contributed by atoms with Crippen molar-refractivity contribution in [2.24, 2.45) is 0 Å². The van der Waals surface area contributed by atoms with Gasteiger partial charge in [-0.2, -0.15) is 4.62 Å². The molecule has 1 unspecified atom stereocenters. The van der Waals surface area contributed by atoms with Crippen molar-refractivity contribution in [1.29, 1.82) is 0 Å². The van der Waals surface area contributed by atoms with Crippen molar-refractivity contribution < 1.29 is 13.7 Å². The molecule has 5 rings (SSSR count). The highest BCUT2D eigenvalue weighted by atomic mass is 31.2. The second-order valence-corrected chi connectivity index (χ2v) is 9.72. The van der Waals surface area contributed by atoms with E-state index in [-0.39, 0.29) is 5.88 Å². The van der Waals surface area contributed by atoms with Gasteiger partial charge in [0.25, 0.3) is 0 Å². The van der Waals surface area contributed by atoms with Crippen LogP contribution in [-0.2, 0) is 9.19 Å². The number of pyridine rings is 1. The summed E-state index contributed by atoms with van der Waals surface area (Å²) in [4.78, 5) is 4.58. The molecule has 1 atom stereocenters. The molecule has 0 fully saturated rings. The van der Waals surface area contributed by atoms with Crippen LogP contribution in [0.3, 0.4) is 0 Å². The molecule has 4 aromatic carbocycles. The molecule has 0 amide bonds. The first-order valence-electron chi connectivity index (χ1n) is 11.0. The highest BCUT2D eigenvalue weighted by Crippen LogP contribution is 2.62. The van der Waals surface area contributed by atoms with Crippen molar-refractivity contribution in [3.05, 3.63) is 139 Å². The third-order valence-corrected chi connectivity index (χ3v) is 7.42.